The van der Waals surface area contributed by atoms with E-state index < -0.39 is 12.0 Å². The first kappa shape index (κ1) is 24.3. The zero-order valence-corrected chi connectivity index (χ0v) is 19.4. The normalized spacial score (nSPS) is 21.4. The molecule has 1 saturated heterocycles. The van der Waals surface area contributed by atoms with Crippen molar-refractivity contribution in [1.29, 1.82) is 0 Å². The van der Waals surface area contributed by atoms with Crippen LogP contribution in [0.3, 0.4) is 0 Å². The highest BCUT2D eigenvalue weighted by Crippen LogP contribution is 2.21. The van der Waals surface area contributed by atoms with Gasteiger partial charge in [-0.15, -0.1) is 0 Å². The van der Waals surface area contributed by atoms with Gasteiger partial charge in [-0.25, -0.2) is 14.6 Å². The topological polar surface area (TPSA) is 104 Å². The van der Waals surface area contributed by atoms with Crippen LogP contribution in [0.25, 0.3) is 0 Å². The van der Waals surface area contributed by atoms with E-state index in [1.54, 1.807) is 4.90 Å². The average Bonchev–Trinajstić information content (AvgIpc) is 2.77. The average molecular weight is 447 g/mol. The highest BCUT2D eigenvalue weighted by molar-refractivity contribution is 5.82. The lowest BCUT2D eigenvalue weighted by Crippen LogP contribution is -2.58. The van der Waals surface area contributed by atoms with E-state index in [0.717, 1.165) is 63.0 Å². The van der Waals surface area contributed by atoms with Crippen LogP contribution in [0.4, 0.5) is 10.6 Å². The summed E-state index contributed by atoms with van der Waals surface area (Å²) in [6.07, 6.45) is 8.68. The van der Waals surface area contributed by atoms with Gasteiger partial charge in [-0.3, -0.25) is 0 Å². The summed E-state index contributed by atoms with van der Waals surface area (Å²) in [6.45, 7) is 5.80. The Hall–Kier alpha value is -2.35. The van der Waals surface area contributed by atoms with E-state index in [2.05, 4.69) is 22.8 Å². The van der Waals surface area contributed by atoms with Gasteiger partial charge in [-0.05, 0) is 57.6 Å². The number of nitrogens with zero attached hydrogens (tertiary/aromatic N) is 2. The van der Waals surface area contributed by atoms with Gasteiger partial charge in [0.15, 0.2) is 0 Å². The molecule has 1 aromatic heterocycles. The van der Waals surface area contributed by atoms with Gasteiger partial charge in [-0.2, -0.15) is 0 Å². The number of carboxylic acids is 1. The number of aromatic nitrogens is 1. The van der Waals surface area contributed by atoms with Gasteiger partial charge in [0.05, 0.1) is 25.3 Å². The highest BCUT2D eigenvalue weighted by atomic mass is 16.5. The van der Waals surface area contributed by atoms with E-state index >= 15 is 0 Å². The molecule has 1 aromatic rings. The minimum absolute atomic E-state index is 0.0615. The molecule has 8 nitrogen and oxygen atoms in total. The van der Waals surface area contributed by atoms with Crippen LogP contribution in [0.15, 0.2) is 12.1 Å². The van der Waals surface area contributed by atoms with Gasteiger partial charge in [-0.1, -0.05) is 31.7 Å². The number of nitrogens with one attached hydrogen (secondary N) is 2. The van der Waals surface area contributed by atoms with Crippen LogP contribution in [0.2, 0.25) is 0 Å². The molecule has 3 unspecified atom stereocenters. The zero-order valence-electron chi connectivity index (χ0n) is 19.4. The molecule has 32 heavy (non-hydrogen) atoms. The summed E-state index contributed by atoms with van der Waals surface area (Å²) in [5.74, 6) is 0.0791. The second-order valence-electron chi connectivity index (χ2n) is 9.13. The Labute approximate surface area is 191 Å². The van der Waals surface area contributed by atoms with E-state index in [4.69, 9.17) is 9.72 Å². The van der Waals surface area contributed by atoms with Crippen molar-refractivity contribution in [3.63, 3.8) is 0 Å². The summed E-state index contributed by atoms with van der Waals surface area (Å²) in [6, 6.07) is 3.05. The van der Waals surface area contributed by atoms with Gasteiger partial charge < -0.3 is 25.4 Å². The van der Waals surface area contributed by atoms with E-state index in [1.165, 1.54) is 12.0 Å². The van der Waals surface area contributed by atoms with Gasteiger partial charge in [0.2, 0.25) is 0 Å². The van der Waals surface area contributed by atoms with Gasteiger partial charge >= 0.3 is 12.0 Å². The van der Waals surface area contributed by atoms with Crippen LogP contribution in [0, 0.1) is 0 Å². The summed E-state index contributed by atoms with van der Waals surface area (Å²) in [5, 5.41) is 15.6. The Kier molecular flexibility index (Phi) is 9.14. The first-order valence-corrected chi connectivity index (χ1v) is 12.1. The van der Waals surface area contributed by atoms with Crippen molar-refractivity contribution in [3.05, 3.63) is 23.4 Å². The molecule has 3 rings (SSSR count). The Morgan fingerprint density at radius 3 is 2.66 bits per heavy atom. The quantitative estimate of drug-likeness (QED) is 0.475. The molecule has 3 atom stereocenters. The molecule has 8 heteroatoms. The molecule has 1 fully saturated rings. The summed E-state index contributed by atoms with van der Waals surface area (Å²) >= 11 is 0. The number of anilines is 1. The second kappa shape index (κ2) is 12.0. The van der Waals surface area contributed by atoms with Crippen molar-refractivity contribution in [1.82, 2.24) is 15.2 Å². The number of aryl methyl sites for hydroxylation is 2. The molecule has 3 N–H and O–H groups in total. The lowest BCUT2D eigenvalue weighted by molar-refractivity contribution is -0.139. The molecule has 3 heterocycles. The molecule has 0 saturated carbocycles. The largest absolute Gasteiger partial charge is 0.480 e. The standard InChI is InChI=1S/C24H38N4O4/c1-17-15-32-16-18(2)28(17)24(31)27-21(23(29)30)11-7-5-3-4-6-10-20-13-12-19-9-8-14-25-22(19)26-20/h12-13,17-18,21H,3-11,14-16H2,1-2H3,(H,25,26)(H,27,31)(H,29,30). The SMILES string of the molecule is CC1COCC(C)N1C(=O)NC(CCCCCCCc1ccc2c(n1)NCCC2)C(=O)O. The number of carboxylic acid groups (broad SMARTS) is 1. The number of rotatable bonds is 10. The third-order valence-corrected chi connectivity index (χ3v) is 6.38. The van der Waals surface area contributed by atoms with Crippen molar-refractivity contribution in [3.8, 4) is 0 Å². The first-order chi connectivity index (χ1) is 15.5. The van der Waals surface area contributed by atoms with E-state index in [9.17, 15) is 14.7 Å². The summed E-state index contributed by atoms with van der Waals surface area (Å²) in [5.41, 5.74) is 2.45. The molecule has 2 aliphatic heterocycles. The third kappa shape index (κ3) is 6.82. The Bertz CT molecular complexity index is 762. The zero-order chi connectivity index (χ0) is 22.9. The fraction of sp³-hybridized carbons (Fsp3) is 0.708. The number of aliphatic carboxylic acids is 1. The van der Waals surface area contributed by atoms with Crippen LogP contribution in [-0.4, -0.2) is 64.9 Å². The van der Waals surface area contributed by atoms with Gasteiger partial charge in [0, 0.05) is 12.2 Å². The monoisotopic (exact) mass is 446 g/mol. The molecule has 0 radical (unpaired) electrons. The Balaban J connectivity index is 1.32. The molecule has 0 aliphatic carbocycles. The minimum atomic E-state index is -0.973. The molecule has 0 spiro atoms. The number of hydrogen-bond acceptors (Lipinski definition) is 5. The fourth-order valence-electron chi connectivity index (χ4n) is 4.58. The lowest BCUT2D eigenvalue weighted by Gasteiger charge is -2.39. The number of morpholine rings is 1. The molecule has 2 aliphatic rings. The van der Waals surface area contributed by atoms with Crippen molar-refractivity contribution in [2.45, 2.75) is 89.8 Å². The fourth-order valence-corrected chi connectivity index (χ4v) is 4.58. The van der Waals surface area contributed by atoms with Crippen LogP contribution < -0.4 is 10.6 Å². The minimum Gasteiger partial charge on any atom is -0.480 e. The number of hydrogen-bond donors (Lipinski definition) is 3. The number of fused-ring (bicyclic) bond motifs is 1. The molecule has 2 amide bonds. The van der Waals surface area contributed by atoms with Crippen LogP contribution >= 0.6 is 0 Å². The molecular weight excluding hydrogens is 408 g/mol. The molecular formula is C24H38N4O4. The maximum absolute atomic E-state index is 12.6. The van der Waals surface area contributed by atoms with Crippen molar-refractivity contribution < 1.29 is 19.4 Å². The maximum atomic E-state index is 12.6. The molecule has 178 valence electrons. The molecule has 0 aromatic carbocycles. The Morgan fingerprint density at radius 2 is 1.91 bits per heavy atom. The van der Waals surface area contributed by atoms with Crippen LogP contribution in [-0.2, 0) is 22.4 Å². The summed E-state index contributed by atoms with van der Waals surface area (Å²) in [7, 11) is 0. The third-order valence-electron chi connectivity index (χ3n) is 6.38. The van der Waals surface area contributed by atoms with E-state index in [-0.39, 0.29) is 18.1 Å². The van der Waals surface area contributed by atoms with Crippen LogP contribution in [0.5, 0.6) is 0 Å². The van der Waals surface area contributed by atoms with E-state index in [0.29, 0.717) is 19.6 Å². The van der Waals surface area contributed by atoms with Gasteiger partial charge in [0.25, 0.3) is 0 Å². The predicted octanol–water partition coefficient (Wildman–Crippen LogP) is 3.59. The Morgan fingerprint density at radius 1 is 1.19 bits per heavy atom. The number of pyridine rings is 1. The number of carbonyl (C=O) groups is 2. The van der Waals surface area contributed by atoms with Crippen molar-refractivity contribution >= 4 is 17.8 Å². The smallest absolute Gasteiger partial charge is 0.326 e. The summed E-state index contributed by atoms with van der Waals surface area (Å²) < 4.78 is 5.45. The van der Waals surface area contributed by atoms with Crippen LogP contribution in [0.1, 0.15) is 70.1 Å². The van der Waals surface area contributed by atoms with Gasteiger partial charge in [0.1, 0.15) is 11.9 Å². The number of ether oxygens (including phenoxy) is 1. The second-order valence-corrected chi connectivity index (χ2v) is 9.13. The highest BCUT2D eigenvalue weighted by Gasteiger charge is 2.32. The van der Waals surface area contributed by atoms with Crippen molar-refractivity contribution in [2.75, 3.05) is 25.1 Å². The lowest BCUT2D eigenvalue weighted by atomic mass is 10.0. The number of unbranched alkanes of at least 4 members (excludes halogenated alkanes) is 4. The summed E-state index contributed by atoms with van der Waals surface area (Å²) in [4.78, 5) is 30.7. The van der Waals surface area contributed by atoms with Crippen molar-refractivity contribution in [2.24, 2.45) is 0 Å². The first-order valence-electron chi connectivity index (χ1n) is 12.1. The maximum Gasteiger partial charge on any atom is 0.326 e. The predicted molar refractivity (Wildman–Crippen MR) is 124 cm³/mol. The molecule has 0 bridgehead atoms. The number of carbonyl (C=O) groups excluding carboxylic acids is 1. The van der Waals surface area contributed by atoms with E-state index in [1.807, 2.05) is 13.8 Å². The number of amides is 2. The number of urea groups is 1.